The van der Waals surface area contributed by atoms with E-state index in [9.17, 15) is 9.90 Å². The predicted molar refractivity (Wildman–Crippen MR) is 72.2 cm³/mol. The molecule has 1 amide bonds. The van der Waals surface area contributed by atoms with Gasteiger partial charge in [-0.25, -0.2) is 0 Å². The van der Waals surface area contributed by atoms with E-state index in [1.54, 1.807) is 36.4 Å². The molecule has 0 aromatic heterocycles. The Labute approximate surface area is 110 Å². The number of hydrogen-bond acceptors (Lipinski definition) is 2. The summed E-state index contributed by atoms with van der Waals surface area (Å²) in [6.45, 7) is 1.86. The number of amides is 1. The molecule has 0 aliphatic carbocycles. The molecule has 4 heteroatoms. The van der Waals surface area contributed by atoms with Gasteiger partial charge in [-0.1, -0.05) is 23.7 Å². The average molecular weight is 262 g/mol. The summed E-state index contributed by atoms with van der Waals surface area (Å²) in [5.74, 6) is -0.393. The molecule has 0 aliphatic heterocycles. The van der Waals surface area contributed by atoms with Gasteiger partial charge in [-0.05, 0) is 42.8 Å². The second-order valence-electron chi connectivity index (χ2n) is 3.94. The number of para-hydroxylation sites is 1. The van der Waals surface area contributed by atoms with Crippen molar-refractivity contribution in [3.63, 3.8) is 0 Å². The number of phenolic OH excluding ortho intramolecular Hbond substituents is 1. The highest BCUT2D eigenvalue weighted by molar-refractivity contribution is 6.31. The highest BCUT2D eigenvalue weighted by Gasteiger charge is 2.10. The summed E-state index contributed by atoms with van der Waals surface area (Å²) in [4.78, 5) is 11.9. The maximum Gasteiger partial charge on any atom is 0.259 e. The van der Waals surface area contributed by atoms with Crippen LogP contribution in [0.3, 0.4) is 0 Å². The van der Waals surface area contributed by atoms with E-state index in [-0.39, 0.29) is 17.2 Å². The minimum absolute atomic E-state index is 0.0410. The smallest absolute Gasteiger partial charge is 0.259 e. The largest absolute Gasteiger partial charge is 0.507 e. The van der Waals surface area contributed by atoms with Crippen molar-refractivity contribution in [3.8, 4) is 5.75 Å². The van der Waals surface area contributed by atoms with Gasteiger partial charge in [0, 0.05) is 10.7 Å². The molecule has 2 aromatic rings. The predicted octanol–water partition coefficient (Wildman–Crippen LogP) is 3.61. The Morgan fingerprint density at radius 3 is 2.61 bits per heavy atom. The lowest BCUT2D eigenvalue weighted by molar-refractivity contribution is 0.102. The van der Waals surface area contributed by atoms with Crippen LogP contribution in [0.1, 0.15) is 15.9 Å². The van der Waals surface area contributed by atoms with Crippen LogP contribution in [0.5, 0.6) is 5.75 Å². The summed E-state index contributed by atoms with van der Waals surface area (Å²) < 4.78 is 0. The van der Waals surface area contributed by atoms with Crippen LogP contribution in [0.2, 0.25) is 5.02 Å². The third-order valence-electron chi connectivity index (χ3n) is 2.56. The van der Waals surface area contributed by atoms with Gasteiger partial charge in [-0.15, -0.1) is 0 Å². The third kappa shape index (κ3) is 2.63. The van der Waals surface area contributed by atoms with Crippen molar-refractivity contribution in [2.24, 2.45) is 0 Å². The number of benzene rings is 2. The highest BCUT2D eigenvalue weighted by atomic mass is 35.5. The van der Waals surface area contributed by atoms with Crippen LogP contribution >= 0.6 is 11.6 Å². The highest BCUT2D eigenvalue weighted by Crippen LogP contribution is 2.21. The van der Waals surface area contributed by atoms with Crippen molar-refractivity contribution in [1.82, 2.24) is 0 Å². The molecule has 0 radical (unpaired) electrons. The van der Waals surface area contributed by atoms with Crippen molar-refractivity contribution in [2.45, 2.75) is 6.92 Å². The molecule has 0 atom stereocenters. The molecule has 0 saturated carbocycles. The first kappa shape index (κ1) is 12.5. The summed E-state index contributed by atoms with van der Waals surface area (Å²) in [6.07, 6.45) is 0. The Kier molecular flexibility index (Phi) is 3.53. The van der Waals surface area contributed by atoms with Crippen molar-refractivity contribution in [3.05, 3.63) is 58.6 Å². The third-order valence-corrected chi connectivity index (χ3v) is 2.99. The number of aryl methyl sites for hydroxylation is 1. The molecule has 0 fully saturated rings. The van der Waals surface area contributed by atoms with Crippen molar-refractivity contribution >= 4 is 23.2 Å². The topological polar surface area (TPSA) is 49.3 Å². The molecule has 2 N–H and O–H groups in total. The maximum absolute atomic E-state index is 11.9. The molecule has 0 unspecified atom stereocenters. The second kappa shape index (κ2) is 5.10. The van der Waals surface area contributed by atoms with E-state index >= 15 is 0 Å². The molecule has 2 rings (SSSR count). The standard InChI is InChI=1S/C14H12ClNO2/c1-9-8-10(6-7-12(9)15)16-14(18)11-4-2-3-5-13(11)17/h2-8,17H,1H3,(H,16,18). The van der Waals surface area contributed by atoms with Crippen LogP contribution in [-0.4, -0.2) is 11.0 Å². The van der Waals surface area contributed by atoms with Gasteiger partial charge in [-0.2, -0.15) is 0 Å². The van der Waals surface area contributed by atoms with Gasteiger partial charge in [0.05, 0.1) is 5.56 Å². The van der Waals surface area contributed by atoms with Gasteiger partial charge in [0.15, 0.2) is 0 Å². The number of rotatable bonds is 2. The molecule has 0 aliphatic rings. The Bertz CT molecular complexity index is 596. The molecular weight excluding hydrogens is 250 g/mol. The van der Waals surface area contributed by atoms with Crippen LogP contribution in [0.25, 0.3) is 0 Å². The first-order valence-electron chi connectivity index (χ1n) is 5.43. The first-order valence-corrected chi connectivity index (χ1v) is 5.81. The van der Waals surface area contributed by atoms with Crippen molar-refractivity contribution in [2.75, 3.05) is 5.32 Å². The molecular formula is C14H12ClNO2. The SMILES string of the molecule is Cc1cc(NC(=O)c2ccccc2O)ccc1Cl. The summed E-state index contributed by atoms with van der Waals surface area (Å²) >= 11 is 5.91. The molecule has 2 aromatic carbocycles. The monoisotopic (exact) mass is 261 g/mol. The zero-order chi connectivity index (χ0) is 13.1. The van der Waals surface area contributed by atoms with E-state index in [0.717, 1.165) is 5.56 Å². The van der Waals surface area contributed by atoms with Crippen LogP contribution in [0, 0.1) is 6.92 Å². The fraction of sp³-hybridized carbons (Fsp3) is 0.0714. The molecule has 18 heavy (non-hydrogen) atoms. The molecule has 0 spiro atoms. The van der Waals surface area contributed by atoms with Crippen molar-refractivity contribution < 1.29 is 9.90 Å². The molecule has 92 valence electrons. The minimum Gasteiger partial charge on any atom is -0.507 e. The van der Waals surface area contributed by atoms with E-state index in [2.05, 4.69) is 5.32 Å². The summed E-state index contributed by atoms with van der Waals surface area (Å²) in [7, 11) is 0. The first-order chi connectivity index (χ1) is 8.58. The maximum atomic E-state index is 11.9. The number of carbonyl (C=O) groups excluding carboxylic acids is 1. The van der Waals surface area contributed by atoms with Crippen molar-refractivity contribution in [1.29, 1.82) is 0 Å². The second-order valence-corrected chi connectivity index (χ2v) is 4.34. The quantitative estimate of drug-likeness (QED) is 0.868. The van der Waals surface area contributed by atoms with E-state index in [1.807, 2.05) is 6.92 Å². The van der Waals surface area contributed by atoms with Gasteiger partial charge < -0.3 is 10.4 Å². The Balaban J connectivity index is 2.22. The van der Waals surface area contributed by atoms with E-state index in [0.29, 0.717) is 10.7 Å². The number of anilines is 1. The van der Waals surface area contributed by atoms with Crippen LogP contribution < -0.4 is 5.32 Å². The zero-order valence-corrected chi connectivity index (χ0v) is 10.5. The van der Waals surface area contributed by atoms with E-state index in [4.69, 9.17) is 11.6 Å². The van der Waals surface area contributed by atoms with Crippen LogP contribution in [0.4, 0.5) is 5.69 Å². The van der Waals surface area contributed by atoms with Gasteiger partial charge in [0.1, 0.15) is 5.75 Å². The number of hydrogen-bond donors (Lipinski definition) is 2. The number of aromatic hydroxyl groups is 1. The van der Waals surface area contributed by atoms with Crippen LogP contribution in [0.15, 0.2) is 42.5 Å². The molecule has 0 heterocycles. The summed E-state index contributed by atoms with van der Waals surface area (Å²) in [6, 6.07) is 11.6. The van der Waals surface area contributed by atoms with Gasteiger partial charge >= 0.3 is 0 Å². The molecule has 0 saturated heterocycles. The fourth-order valence-corrected chi connectivity index (χ4v) is 1.70. The summed E-state index contributed by atoms with van der Waals surface area (Å²) in [5, 5.41) is 12.9. The van der Waals surface area contributed by atoms with Gasteiger partial charge in [0.2, 0.25) is 0 Å². The minimum atomic E-state index is -0.352. The average Bonchev–Trinajstić information content (AvgIpc) is 2.34. The van der Waals surface area contributed by atoms with Gasteiger partial charge in [0.25, 0.3) is 5.91 Å². The normalized spacial score (nSPS) is 10.1. The molecule has 3 nitrogen and oxygen atoms in total. The van der Waals surface area contributed by atoms with Gasteiger partial charge in [-0.3, -0.25) is 4.79 Å². The number of nitrogens with one attached hydrogen (secondary N) is 1. The lowest BCUT2D eigenvalue weighted by Gasteiger charge is -2.08. The lowest BCUT2D eigenvalue weighted by Crippen LogP contribution is -2.12. The Morgan fingerprint density at radius 2 is 1.94 bits per heavy atom. The fourth-order valence-electron chi connectivity index (χ4n) is 1.59. The number of phenols is 1. The number of carbonyl (C=O) groups is 1. The van der Waals surface area contributed by atoms with E-state index < -0.39 is 0 Å². The zero-order valence-electron chi connectivity index (χ0n) is 9.77. The Hall–Kier alpha value is -2.00. The number of halogens is 1. The van der Waals surface area contributed by atoms with Crippen LogP contribution in [-0.2, 0) is 0 Å². The van der Waals surface area contributed by atoms with E-state index in [1.165, 1.54) is 6.07 Å². The lowest BCUT2D eigenvalue weighted by atomic mass is 10.1. The summed E-state index contributed by atoms with van der Waals surface area (Å²) in [5.41, 5.74) is 1.77. The Morgan fingerprint density at radius 1 is 1.22 bits per heavy atom. The molecule has 0 bridgehead atoms.